The van der Waals surface area contributed by atoms with E-state index in [9.17, 15) is 9.46 Å². The second-order valence-corrected chi connectivity index (χ2v) is 5.39. The van der Waals surface area contributed by atoms with Gasteiger partial charge in [0.25, 0.3) is 7.37 Å². The fourth-order valence-electron chi connectivity index (χ4n) is 1.34. The molecule has 0 amide bonds. The van der Waals surface area contributed by atoms with Gasteiger partial charge in [-0.3, -0.25) is 4.57 Å². The molecule has 2 rings (SSSR count). The normalized spacial score (nSPS) is 19.9. The molecule has 0 bridgehead atoms. The summed E-state index contributed by atoms with van der Waals surface area (Å²) in [7, 11) is -3.19. The van der Waals surface area contributed by atoms with E-state index in [-0.39, 0.29) is 0 Å². The molecule has 0 fully saturated rings. The third-order valence-corrected chi connectivity index (χ3v) is 4.46. The van der Waals surface area contributed by atoms with E-state index in [1.54, 1.807) is 24.3 Å². The van der Waals surface area contributed by atoms with Crippen molar-refractivity contribution in [3.05, 3.63) is 41.7 Å². The lowest BCUT2D eigenvalue weighted by Crippen LogP contribution is -2.08. The molecule has 0 aromatic heterocycles. The first-order valence-corrected chi connectivity index (χ1v) is 5.95. The quantitative estimate of drug-likeness (QED) is 0.733. The minimum atomic E-state index is -3.19. The third-order valence-electron chi connectivity index (χ3n) is 2.28. The van der Waals surface area contributed by atoms with Crippen molar-refractivity contribution in [3.63, 3.8) is 0 Å². The van der Waals surface area contributed by atoms with Gasteiger partial charge in [-0.1, -0.05) is 24.3 Å². The van der Waals surface area contributed by atoms with Crippen molar-refractivity contribution in [1.29, 1.82) is 0 Å². The summed E-state index contributed by atoms with van der Waals surface area (Å²) in [6.45, 7) is 0. The van der Waals surface area contributed by atoms with E-state index in [4.69, 9.17) is 0 Å². The van der Waals surface area contributed by atoms with Gasteiger partial charge in [-0.25, -0.2) is 0 Å². The van der Waals surface area contributed by atoms with Crippen LogP contribution in [-0.2, 0) is 4.57 Å². The maximum atomic E-state index is 11.9. The lowest BCUT2D eigenvalue weighted by Gasteiger charge is -2.20. The summed E-state index contributed by atoms with van der Waals surface area (Å²) >= 11 is 0. The van der Waals surface area contributed by atoms with Crippen LogP contribution in [0.1, 0.15) is 12.8 Å². The molecule has 1 aromatic carbocycles. The fourth-order valence-corrected chi connectivity index (χ4v) is 3.06. The average Bonchev–Trinajstić information content (AvgIpc) is 2.02. The molecule has 1 aromatic rings. The van der Waals surface area contributed by atoms with Crippen molar-refractivity contribution in [3.8, 4) is 0 Å². The molecule has 0 spiro atoms. The lowest BCUT2D eigenvalue weighted by molar-refractivity contribution is 0.493. The molecule has 0 heterocycles. The van der Waals surface area contributed by atoms with Crippen molar-refractivity contribution in [2.45, 2.75) is 12.8 Å². The van der Waals surface area contributed by atoms with Crippen LogP contribution in [-0.4, -0.2) is 4.89 Å². The summed E-state index contributed by atoms with van der Waals surface area (Å²) < 4.78 is 11.9. The molecule has 1 N–H and O–H groups in total. The number of hydrogen-bond donors (Lipinski definition) is 1. The van der Waals surface area contributed by atoms with Gasteiger partial charge in [0.1, 0.15) is 0 Å². The fraction of sp³-hybridized carbons (Fsp3) is 0.200. The Hall–Kier alpha value is -0.850. The zero-order valence-electron chi connectivity index (χ0n) is 7.18. The second-order valence-electron chi connectivity index (χ2n) is 3.15. The van der Waals surface area contributed by atoms with Gasteiger partial charge >= 0.3 is 0 Å². The van der Waals surface area contributed by atoms with Crippen molar-refractivity contribution in [2.75, 3.05) is 0 Å². The highest BCUT2D eigenvalue weighted by atomic mass is 31.2. The van der Waals surface area contributed by atoms with Crippen molar-refractivity contribution >= 4 is 12.7 Å². The number of benzene rings is 1. The van der Waals surface area contributed by atoms with Crippen molar-refractivity contribution in [1.82, 2.24) is 0 Å². The van der Waals surface area contributed by atoms with Crippen molar-refractivity contribution < 1.29 is 9.46 Å². The number of allylic oxidation sites excluding steroid dienone is 2. The Morgan fingerprint density at radius 1 is 1.23 bits per heavy atom. The predicted molar refractivity (Wildman–Crippen MR) is 53.2 cm³/mol. The number of rotatable bonds is 2. The highest BCUT2D eigenvalue weighted by molar-refractivity contribution is 7.70. The molecule has 1 aliphatic rings. The molecule has 0 saturated carbocycles. The van der Waals surface area contributed by atoms with Gasteiger partial charge in [0.05, 0.1) is 0 Å². The Morgan fingerprint density at radius 3 is 2.31 bits per heavy atom. The lowest BCUT2D eigenvalue weighted by atomic mass is 10.1. The smallest absolute Gasteiger partial charge is 0.254 e. The first-order valence-electron chi connectivity index (χ1n) is 4.29. The zero-order valence-corrected chi connectivity index (χ0v) is 8.08. The molecule has 0 saturated heterocycles. The van der Waals surface area contributed by atoms with E-state index in [0.29, 0.717) is 10.6 Å². The van der Waals surface area contributed by atoms with Crippen LogP contribution in [0.2, 0.25) is 0 Å². The van der Waals surface area contributed by atoms with E-state index in [0.717, 1.165) is 12.8 Å². The van der Waals surface area contributed by atoms with Crippen LogP contribution in [0, 0.1) is 0 Å². The molecule has 13 heavy (non-hydrogen) atoms. The highest BCUT2D eigenvalue weighted by Gasteiger charge is 2.28. The molecule has 0 radical (unpaired) electrons. The molecule has 68 valence electrons. The second kappa shape index (κ2) is 3.13. The Balaban J connectivity index is 2.40. The first-order chi connectivity index (χ1) is 6.21. The SMILES string of the molecule is O=P(O)(C1=CCC1)c1ccccc1. The Labute approximate surface area is 77.4 Å². The van der Waals surface area contributed by atoms with Gasteiger partial charge in [-0.2, -0.15) is 0 Å². The largest absolute Gasteiger partial charge is 0.338 e. The summed E-state index contributed by atoms with van der Waals surface area (Å²) in [5, 5.41) is 1.25. The maximum absolute atomic E-state index is 11.9. The Morgan fingerprint density at radius 2 is 1.85 bits per heavy atom. The van der Waals surface area contributed by atoms with Crippen molar-refractivity contribution in [2.24, 2.45) is 0 Å². The molecule has 0 aliphatic heterocycles. The van der Waals surface area contributed by atoms with Crippen LogP contribution < -0.4 is 5.30 Å². The highest BCUT2D eigenvalue weighted by Crippen LogP contribution is 2.53. The predicted octanol–water partition coefficient (Wildman–Crippen LogP) is 2.26. The van der Waals surface area contributed by atoms with Crippen LogP contribution in [0.15, 0.2) is 41.7 Å². The van der Waals surface area contributed by atoms with E-state index < -0.39 is 7.37 Å². The summed E-state index contributed by atoms with van der Waals surface area (Å²) in [5.41, 5.74) is 0. The van der Waals surface area contributed by atoms with E-state index in [1.165, 1.54) is 0 Å². The van der Waals surface area contributed by atoms with E-state index >= 15 is 0 Å². The molecule has 1 aliphatic carbocycles. The standard InChI is InChI=1S/C10H11O2P/c11-13(12,10-7-4-8-10)9-5-2-1-3-6-9/h1-3,5-7H,4,8H2,(H,11,12). The van der Waals surface area contributed by atoms with Gasteiger partial charge < -0.3 is 4.89 Å². The molecule has 1 atom stereocenters. The van der Waals surface area contributed by atoms with Crippen LogP contribution in [0.4, 0.5) is 0 Å². The van der Waals surface area contributed by atoms with Crippen LogP contribution >= 0.6 is 7.37 Å². The van der Waals surface area contributed by atoms with Crippen LogP contribution in [0.25, 0.3) is 0 Å². The van der Waals surface area contributed by atoms with E-state index in [1.807, 2.05) is 12.1 Å². The van der Waals surface area contributed by atoms with Crippen LogP contribution in [0.5, 0.6) is 0 Å². The van der Waals surface area contributed by atoms with Gasteiger partial charge in [-0.15, -0.1) is 0 Å². The maximum Gasteiger partial charge on any atom is 0.254 e. The molecule has 1 unspecified atom stereocenters. The number of hydrogen-bond acceptors (Lipinski definition) is 1. The minimum Gasteiger partial charge on any atom is -0.338 e. The summed E-state index contributed by atoms with van der Waals surface area (Å²) in [6.07, 6.45) is 3.56. The average molecular weight is 194 g/mol. The minimum absolute atomic E-state index is 0.543. The third kappa shape index (κ3) is 1.48. The first kappa shape index (κ1) is 8.74. The monoisotopic (exact) mass is 194 g/mol. The summed E-state index contributed by atoms with van der Waals surface area (Å²) in [4.78, 5) is 9.79. The van der Waals surface area contributed by atoms with Gasteiger partial charge in [0.2, 0.25) is 0 Å². The van der Waals surface area contributed by atoms with Gasteiger partial charge in [0, 0.05) is 10.6 Å². The Bertz CT molecular complexity index is 381. The molecule has 3 heteroatoms. The van der Waals surface area contributed by atoms with Gasteiger partial charge in [-0.05, 0) is 25.0 Å². The zero-order chi connectivity index (χ0) is 9.31. The Kier molecular flexibility index (Phi) is 2.10. The van der Waals surface area contributed by atoms with Gasteiger partial charge in [0.15, 0.2) is 0 Å². The summed E-state index contributed by atoms with van der Waals surface area (Å²) in [5.74, 6) is 0. The topological polar surface area (TPSA) is 37.3 Å². The van der Waals surface area contributed by atoms with E-state index in [2.05, 4.69) is 0 Å². The molecular weight excluding hydrogens is 183 g/mol. The summed E-state index contributed by atoms with van der Waals surface area (Å²) in [6, 6.07) is 8.84. The van der Waals surface area contributed by atoms with Crippen LogP contribution in [0.3, 0.4) is 0 Å². The molecule has 2 nitrogen and oxygen atoms in total. The molecular formula is C10H11O2P.